The minimum Gasteiger partial charge on any atom is -0.370 e. The monoisotopic (exact) mass is 318 g/mol. The van der Waals surface area contributed by atoms with Gasteiger partial charge in [0.05, 0.1) is 6.54 Å². The topological polar surface area (TPSA) is 79.5 Å². The van der Waals surface area contributed by atoms with Gasteiger partial charge in [0.25, 0.3) is 0 Å². The maximum atomic E-state index is 11.6. The number of unbranched alkanes of at least 4 members (excludes halogenated alkanes) is 3. The molecule has 0 spiro atoms. The van der Waals surface area contributed by atoms with Gasteiger partial charge in [0, 0.05) is 18.7 Å². The molecule has 0 fully saturated rings. The highest BCUT2D eigenvalue weighted by Crippen LogP contribution is 2.12. The van der Waals surface area contributed by atoms with E-state index in [1.165, 1.54) is 19.3 Å². The Morgan fingerprint density at radius 3 is 2.74 bits per heavy atom. The first-order chi connectivity index (χ1) is 11.2. The lowest BCUT2D eigenvalue weighted by Gasteiger charge is -2.07. The quantitative estimate of drug-likeness (QED) is 0.351. The van der Waals surface area contributed by atoms with E-state index in [9.17, 15) is 4.79 Å². The largest absolute Gasteiger partial charge is 0.370 e. The Kier molecular flexibility index (Phi) is 9.52. The highest BCUT2D eigenvalue weighted by molar-refractivity contribution is 5.90. The molecule has 1 aromatic rings. The molecule has 0 aliphatic carbocycles. The number of nitrogens with two attached hydrogens (primary N) is 1. The Hall–Kier alpha value is -2.04. The number of aliphatic imine (C=N–C) groups is 1. The third-order valence-corrected chi connectivity index (χ3v) is 3.46. The van der Waals surface area contributed by atoms with Crippen molar-refractivity contribution in [3.63, 3.8) is 0 Å². The molecule has 0 radical (unpaired) electrons. The number of hydrogen-bond donors (Lipinski definition) is 3. The second-order valence-electron chi connectivity index (χ2n) is 5.69. The number of amides is 1. The molecule has 5 heteroatoms. The van der Waals surface area contributed by atoms with Gasteiger partial charge in [-0.25, -0.2) is 4.99 Å². The van der Waals surface area contributed by atoms with E-state index in [1.807, 2.05) is 31.2 Å². The van der Waals surface area contributed by atoms with Crippen molar-refractivity contribution >= 4 is 17.6 Å². The van der Waals surface area contributed by atoms with Gasteiger partial charge in [-0.05, 0) is 30.5 Å². The number of nitrogens with one attached hydrogen (secondary N) is 2. The molecule has 23 heavy (non-hydrogen) atoms. The van der Waals surface area contributed by atoms with Gasteiger partial charge < -0.3 is 16.4 Å². The molecular weight excluding hydrogens is 288 g/mol. The minimum absolute atomic E-state index is 0.0430. The molecule has 1 amide bonds. The SMILES string of the molecule is CCCCCCNC(N)=NCc1cccc(NC(=O)CCC)c1. The van der Waals surface area contributed by atoms with Crippen molar-refractivity contribution in [2.75, 3.05) is 11.9 Å². The molecular formula is C18H30N4O. The highest BCUT2D eigenvalue weighted by atomic mass is 16.1. The number of guanidine groups is 1. The smallest absolute Gasteiger partial charge is 0.224 e. The van der Waals surface area contributed by atoms with E-state index in [4.69, 9.17) is 5.73 Å². The van der Waals surface area contributed by atoms with Gasteiger partial charge in [0.1, 0.15) is 0 Å². The summed E-state index contributed by atoms with van der Waals surface area (Å²) in [5, 5.41) is 6.02. The Balaban J connectivity index is 2.41. The Morgan fingerprint density at radius 2 is 2.00 bits per heavy atom. The molecule has 128 valence electrons. The second kappa shape index (κ2) is 11.5. The molecule has 4 N–H and O–H groups in total. The Labute approximate surface area is 139 Å². The van der Waals surface area contributed by atoms with Crippen LogP contribution in [-0.4, -0.2) is 18.4 Å². The lowest BCUT2D eigenvalue weighted by Crippen LogP contribution is -2.32. The van der Waals surface area contributed by atoms with E-state index in [0.717, 1.165) is 30.6 Å². The van der Waals surface area contributed by atoms with Gasteiger partial charge in [-0.1, -0.05) is 45.2 Å². The maximum Gasteiger partial charge on any atom is 0.224 e. The summed E-state index contributed by atoms with van der Waals surface area (Å²) in [7, 11) is 0. The van der Waals surface area contributed by atoms with Crippen LogP contribution in [0.15, 0.2) is 29.3 Å². The van der Waals surface area contributed by atoms with Crippen LogP contribution in [0.25, 0.3) is 0 Å². The average molecular weight is 318 g/mol. The second-order valence-corrected chi connectivity index (χ2v) is 5.69. The van der Waals surface area contributed by atoms with E-state index in [1.54, 1.807) is 0 Å². The zero-order valence-electron chi connectivity index (χ0n) is 14.4. The minimum atomic E-state index is 0.0430. The molecule has 0 aliphatic rings. The van der Waals surface area contributed by atoms with Crippen LogP contribution in [0, 0.1) is 0 Å². The van der Waals surface area contributed by atoms with E-state index < -0.39 is 0 Å². The first-order valence-electron chi connectivity index (χ1n) is 8.58. The third-order valence-electron chi connectivity index (χ3n) is 3.46. The molecule has 0 bridgehead atoms. The number of anilines is 1. The fourth-order valence-electron chi connectivity index (χ4n) is 2.20. The molecule has 0 unspecified atom stereocenters. The van der Waals surface area contributed by atoms with Gasteiger partial charge in [0.15, 0.2) is 5.96 Å². The zero-order chi connectivity index (χ0) is 16.9. The Morgan fingerprint density at radius 1 is 1.17 bits per heavy atom. The molecule has 0 saturated carbocycles. The van der Waals surface area contributed by atoms with Crippen molar-refractivity contribution in [1.82, 2.24) is 5.32 Å². The van der Waals surface area contributed by atoms with Crippen LogP contribution in [0.4, 0.5) is 5.69 Å². The summed E-state index contributed by atoms with van der Waals surface area (Å²) in [4.78, 5) is 16.0. The molecule has 0 aliphatic heterocycles. The van der Waals surface area contributed by atoms with Crippen LogP contribution in [0.5, 0.6) is 0 Å². The lowest BCUT2D eigenvalue weighted by molar-refractivity contribution is -0.116. The molecule has 0 saturated heterocycles. The van der Waals surface area contributed by atoms with E-state index >= 15 is 0 Å². The van der Waals surface area contributed by atoms with E-state index in [0.29, 0.717) is 18.9 Å². The van der Waals surface area contributed by atoms with Gasteiger partial charge >= 0.3 is 0 Å². The van der Waals surface area contributed by atoms with Crippen molar-refractivity contribution < 1.29 is 4.79 Å². The zero-order valence-corrected chi connectivity index (χ0v) is 14.4. The number of nitrogens with zero attached hydrogens (tertiary/aromatic N) is 1. The predicted molar refractivity (Wildman–Crippen MR) is 97.5 cm³/mol. The van der Waals surface area contributed by atoms with Crippen LogP contribution in [0.3, 0.4) is 0 Å². The molecule has 1 aromatic carbocycles. The van der Waals surface area contributed by atoms with Gasteiger partial charge in [0.2, 0.25) is 5.91 Å². The van der Waals surface area contributed by atoms with Crippen molar-refractivity contribution in [2.24, 2.45) is 10.7 Å². The van der Waals surface area contributed by atoms with Crippen LogP contribution >= 0.6 is 0 Å². The molecule has 0 heterocycles. The summed E-state index contributed by atoms with van der Waals surface area (Å²) in [5.74, 6) is 0.517. The average Bonchev–Trinajstić information content (AvgIpc) is 2.53. The molecule has 0 aromatic heterocycles. The standard InChI is InChI=1S/C18H30N4O/c1-3-5-6-7-12-20-18(19)21-14-15-10-8-11-16(13-15)22-17(23)9-4-2/h8,10-11,13H,3-7,9,12,14H2,1-2H3,(H,22,23)(H3,19,20,21). The molecule has 1 rings (SSSR count). The van der Waals surface area contributed by atoms with Crippen LogP contribution in [0.2, 0.25) is 0 Å². The summed E-state index contributed by atoms with van der Waals surface area (Å²) in [6.45, 7) is 5.55. The lowest BCUT2D eigenvalue weighted by atomic mass is 10.2. The summed E-state index contributed by atoms with van der Waals surface area (Å²) in [5.41, 5.74) is 7.69. The van der Waals surface area contributed by atoms with Gasteiger partial charge in [-0.15, -0.1) is 0 Å². The number of carbonyl (C=O) groups is 1. The number of hydrogen-bond acceptors (Lipinski definition) is 2. The summed E-state index contributed by atoms with van der Waals surface area (Å²) < 4.78 is 0. The van der Waals surface area contributed by atoms with Crippen molar-refractivity contribution in [2.45, 2.75) is 58.9 Å². The number of rotatable bonds is 10. The van der Waals surface area contributed by atoms with E-state index in [2.05, 4.69) is 22.5 Å². The normalized spacial score (nSPS) is 11.3. The number of carbonyl (C=O) groups excluding carboxylic acids is 1. The van der Waals surface area contributed by atoms with Gasteiger partial charge in [-0.3, -0.25) is 4.79 Å². The summed E-state index contributed by atoms with van der Waals surface area (Å²) in [6, 6.07) is 7.72. The Bertz CT molecular complexity index is 500. The maximum absolute atomic E-state index is 11.6. The van der Waals surface area contributed by atoms with Gasteiger partial charge in [-0.2, -0.15) is 0 Å². The first kappa shape index (κ1) is 19.0. The highest BCUT2D eigenvalue weighted by Gasteiger charge is 2.01. The fraction of sp³-hybridized carbons (Fsp3) is 0.556. The van der Waals surface area contributed by atoms with Crippen LogP contribution in [-0.2, 0) is 11.3 Å². The van der Waals surface area contributed by atoms with Crippen molar-refractivity contribution in [1.29, 1.82) is 0 Å². The van der Waals surface area contributed by atoms with Crippen molar-refractivity contribution in [3.05, 3.63) is 29.8 Å². The van der Waals surface area contributed by atoms with Crippen molar-refractivity contribution in [3.8, 4) is 0 Å². The molecule has 0 atom stereocenters. The fourth-order valence-corrected chi connectivity index (χ4v) is 2.20. The molecule has 5 nitrogen and oxygen atoms in total. The van der Waals surface area contributed by atoms with E-state index in [-0.39, 0.29) is 5.91 Å². The van der Waals surface area contributed by atoms with Crippen LogP contribution in [0.1, 0.15) is 57.9 Å². The first-order valence-corrected chi connectivity index (χ1v) is 8.58. The predicted octanol–water partition coefficient (Wildman–Crippen LogP) is 3.41. The summed E-state index contributed by atoms with van der Waals surface area (Å²) >= 11 is 0. The third kappa shape index (κ3) is 8.86. The number of benzene rings is 1. The van der Waals surface area contributed by atoms with Crippen LogP contribution < -0.4 is 16.4 Å². The summed E-state index contributed by atoms with van der Waals surface area (Å²) in [6.07, 6.45) is 6.21.